The number of benzene rings is 1. The fraction of sp³-hybridized carbons (Fsp3) is 0.625. The second kappa shape index (κ2) is 6.87. The molecule has 1 aromatic rings. The second-order valence-corrected chi connectivity index (χ2v) is 7.05. The minimum Gasteiger partial charge on any atom is -0.271 e. The molecule has 1 aromatic carbocycles. The highest BCUT2D eigenvalue weighted by Crippen LogP contribution is 2.35. The van der Waals surface area contributed by atoms with Crippen molar-refractivity contribution >= 4 is 15.9 Å². The number of nitrogens with two attached hydrogens (primary N) is 1. The highest BCUT2D eigenvalue weighted by Gasteiger charge is 2.29. The van der Waals surface area contributed by atoms with Crippen LogP contribution in [0.25, 0.3) is 0 Å². The summed E-state index contributed by atoms with van der Waals surface area (Å²) in [7, 11) is 0. The smallest absolute Gasteiger partial charge is 0.0279 e. The molecule has 4 atom stereocenters. The molecule has 106 valence electrons. The van der Waals surface area contributed by atoms with E-state index < -0.39 is 0 Å². The maximum atomic E-state index is 5.80. The van der Waals surface area contributed by atoms with Gasteiger partial charge in [0.2, 0.25) is 0 Å². The molecule has 2 nitrogen and oxygen atoms in total. The van der Waals surface area contributed by atoms with Crippen LogP contribution in [-0.4, -0.2) is 6.04 Å². The Kier molecular flexibility index (Phi) is 5.43. The largest absolute Gasteiger partial charge is 0.271 e. The molecule has 2 rings (SSSR count). The molecule has 0 amide bonds. The van der Waals surface area contributed by atoms with Crippen LogP contribution in [0, 0.1) is 17.8 Å². The van der Waals surface area contributed by atoms with E-state index in [0.717, 1.165) is 22.7 Å². The normalized spacial score (nSPS) is 29.2. The molecule has 1 aliphatic carbocycles. The lowest BCUT2D eigenvalue weighted by atomic mass is 9.72. The molecule has 19 heavy (non-hydrogen) atoms. The van der Waals surface area contributed by atoms with Crippen LogP contribution in [0.3, 0.4) is 0 Å². The van der Waals surface area contributed by atoms with Gasteiger partial charge in [0.25, 0.3) is 0 Å². The number of hydrogen-bond donors (Lipinski definition) is 2. The van der Waals surface area contributed by atoms with Gasteiger partial charge in [-0.25, -0.2) is 0 Å². The first-order chi connectivity index (χ1) is 9.10. The zero-order valence-electron chi connectivity index (χ0n) is 11.9. The fourth-order valence-corrected chi connectivity index (χ4v) is 3.46. The Morgan fingerprint density at radius 3 is 2.47 bits per heavy atom. The molecule has 0 radical (unpaired) electrons. The minimum absolute atomic E-state index is 0.399. The molecular weight excluding hydrogens is 300 g/mol. The molecule has 0 spiro atoms. The van der Waals surface area contributed by atoms with Crippen molar-refractivity contribution < 1.29 is 0 Å². The molecule has 1 aliphatic rings. The van der Waals surface area contributed by atoms with E-state index in [9.17, 15) is 0 Å². The predicted octanol–water partition coefficient (Wildman–Crippen LogP) is 3.90. The topological polar surface area (TPSA) is 38.0 Å². The fourth-order valence-electron chi connectivity index (χ4n) is 3.19. The quantitative estimate of drug-likeness (QED) is 0.651. The van der Waals surface area contributed by atoms with Gasteiger partial charge in [0.15, 0.2) is 0 Å². The van der Waals surface area contributed by atoms with Gasteiger partial charge in [0, 0.05) is 10.5 Å². The van der Waals surface area contributed by atoms with E-state index in [1.807, 2.05) is 0 Å². The van der Waals surface area contributed by atoms with Gasteiger partial charge in [0.1, 0.15) is 0 Å². The monoisotopic (exact) mass is 324 g/mol. The molecular formula is C16H25BrN2. The molecule has 0 bridgehead atoms. The lowest BCUT2D eigenvalue weighted by molar-refractivity contribution is 0.170. The maximum absolute atomic E-state index is 5.80. The van der Waals surface area contributed by atoms with Crippen LogP contribution in [0.1, 0.15) is 38.7 Å². The molecule has 0 saturated heterocycles. The van der Waals surface area contributed by atoms with Crippen LogP contribution < -0.4 is 11.3 Å². The van der Waals surface area contributed by atoms with Crippen LogP contribution in [0.2, 0.25) is 0 Å². The first-order valence-corrected chi connectivity index (χ1v) is 8.10. The lowest BCUT2D eigenvalue weighted by Crippen LogP contribution is -2.44. The van der Waals surface area contributed by atoms with Crippen molar-refractivity contribution in [2.24, 2.45) is 23.6 Å². The number of hydrogen-bond acceptors (Lipinski definition) is 2. The van der Waals surface area contributed by atoms with Crippen molar-refractivity contribution in [2.75, 3.05) is 0 Å². The Bertz CT molecular complexity index is 390. The maximum Gasteiger partial charge on any atom is 0.0279 e. The van der Waals surface area contributed by atoms with Crippen molar-refractivity contribution in [3.8, 4) is 0 Å². The van der Waals surface area contributed by atoms with E-state index in [-0.39, 0.29) is 0 Å². The Labute approximate surface area is 125 Å². The first-order valence-electron chi connectivity index (χ1n) is 7.30. The first kappa shape index (κ1) is 15.0. The number of hydrazine groups is 1. The molecule has 1 saturated carbocycles. The summed E-state index contributed by atoms with van der Waals surface area (Å²) in [6.07, 6.45) is 4.96. The van der Waals surface area contributed by atoms with Crippen LogP contribution in [0.4, 0.5) is 0 Å². The van der Waals surface area contributed by atoms with Gasteiger partial charge in [-0.2, -0.15) is 0 Å². The summed E-state index contributed by atoms with van der Waals surface area (Å²) in [6, 6.07) is 8.98. The Morgan fingerprint density at radius 1 is 1.21 bits per heavy atom. The van der Waals surface area contributed by atoms with Gasteiger partial charge in [-0.05, 0) is 54.7 Å². The highest BCUT2D eigenvalue weighted by atomic mass is 79.9. The van der Waals surface area contributed by atoms with Crippen LogP contribution in [0.5, 0.6) is 0 Å². The summed E-state index contributed by atoms with van der Waals surface area (Å²) in [5.74, 6) is 8.19. The van der Waals surface area contributed by atoms with Gasteiger partial charge < -0.3 is 0 Å². The second-order valence-electron chi connectivity index (χ2n) is 6.13. The van der Waals surface area contributed by atoms with E-state index in [1.54, 1.807) is 0 Å². The Balaban J connectivity index is 1.98. The number of rotatable bonds is 4. The summed E-state index contributed by atoms with van der Waals surface area (Å²) in [4.78, 5) is 0. The van der Waals surface area contributed by atoms with Gasteiger partial charge in [-0.3, -0.25) is 11.3 Å². The molecule has 0 heterocycles. The van der Waals surface area contributed by atoms with E-state index in [4.69, 9.17) is 5.84 Å². The zero-order chi connectivity index (χ0) is 13.8. The third kappa shape index (κ3) is 4.04. The van der Waals surface area contributed by atoms with E-state index >= 15 is 0 Å². The van der Waals surface area contributed by atoms with Crippen molar-refractivity contribution in [3.05, 3.63) is 34.3 Å². The minimum atomic E-state index is 0.399. The molecule has 3 heteroatoms. The predicted molar refractivity (Wildman–Crippen MR) is 84.6 cm³/mol. The third-order valence-electron chi connectivity index (χ3n) is 4.79. The standard InChI is InChI=1S/C16H25BrN2/c1-11-3-6-14(9-12(11)2)16(19-18)10-13-4-7-15(17)8-5-13/h4-5,7-8,11-12,14,16,19H,3,6,9-10,18H2,1-2H3. The average Bonchev–Trinajstić information content (AvgIpc) is 2.41. The zero-order valence-corrected chi connectivity index (χ0v) is 13.5. The van der Waals surface area contributed by atoms with Crippen molar-refractivity contribution in [2.45, 2.75) is 45.6 Å². The summed E-state index contributed by atoms with van der Waals surface area (Å²) in [5.41, 5.74) is 4.42. The van der Waals surface area contributed by atoms with Crippen molar-refractivity contribution in [1.82, 2.24) is 5.43 Å². The summed E-state index contributed by atoms with van der Waals surface area (Å²) >= 11 is 3.48. The van der Waals surface area contributed by atoms with Crippen molar-refractivity contribution in [1.29, 1.82) is 0 Å². The summed E-state index contributed by atoms with van der Waals surface area (Å²) in [5, 5.41) is 0. The van der Waals surface area contributed by atoms with E-state index in [1.165, 1.54) is 24.8 Å². The third-order valence-corrected chi connectivity index (χ3v) is 5.32. The van der Waals surface area contributed by atoms with Crippen LogP contribution in [0.15, 0.2) is 28.7 Å². The highest BCUT2D eigenvalue weighted by molar-refractivity contribution is 9.10. The molecule has 3 N–H and O–H groups in total. The molecule has 0 aromatic heterocycles. The van der Waals surface area contributed by atoms with Gasteiger partial charge in [-0.1, -0.05) is 48.3 Å². The Morgan fingerprint density at radius 2 is 1.89 bits per heavy atom. The average molecular weight is 325 g/mol. The SMILES string of the molecule is CC1CCC(C(Cc2ccc(Br)cc2)NN)CC1C. The van der Waals surface area contributed by atoms with E-state index in [2.05, 4.69) is 59.5 Å². The summed E-state index contributed by atoms with van der Waals surface area (Å²) < 4.78 is 1.13. The molecule has 1 fully saturated rings. The van der Waals surface area contributed by atoms with Gasteiger partial charge in [-0.15, -0.1) is 0 Å². The van der Waals surface area contributed by atoms with Gasteiger partial charge in [0.05, 0.1) is 0 Å². The van der Waals surface area contributed by atoms with Crippen LogP contribution >= 0.6 is 15.9 Å². The Hall–Kier alpha value is -0.380. The van der Waals surface area contributed by atoms with Gasteiger partial charge >= 0.3 is 0 Å². The van der Waals surface area contributed by atoms with Crippen LogP contribution in [-0.2, 0) is 6.42 Å². The number of halogens is 1. The molecule has 0 aliphatic heterocycles. The van der Waals surface area contributed by atoms with E-state index in [0.29, 0.717) is 12.0 Å². The molecule has 4 unspecified atom stereocenters. The number of nitrogens with one attached hydrogen (secondary N) is 1. The summed E-state index contributed by atoms with van der Waals surface area (Å²) in [6.45, 7) is 4.75. The van der Waals surface area contributed by atoms with Crippen molar-refractivity contribution in [3.63, 3.8) is 0 Å². The lowest BCUT2D eigenvalue weighted by Gasteiger charge is -2.36.